The zero-order valence-corrected chi connectivity index (χ0v) is 18.1. The fourth-order valence-corrected chi connectivity index (χ4v) is 6.71. The van der Waals surface area contributed by atoms with Crippen LogP contribution < -0.4 is 10.2 Å². The maximum atomic E-state index is 13.9. The molecule has 2 aromatic carbocycles. The summed E-state index contributed by atoms with van der Waals surface area (Å²) in [5, 5.41) is 3.53. The molecule has 0 bridgehead atoms. The van der Waals surface area contributed by atoms with Crippen molar-refractivity contribution >= 4 is 40.7 Å². The van der Waals surface area contributed by atoms with Gasteiger partial charge in [-0.2, -0.15) is 0 Å². The van der Waals surface area contributed by atoms with Crippen molar-refractivity contribution in [1.82, 2.24) is 4.90 Å². The Labute approximate surface area is 185 Å². The molecule has 158 valence electrons. The van der Waals surface area contributed by atoms with Crippen LogP contribution in [0.1, 0.15) is 29.5 Å². The van der Waals surface area contributed by atoms with Gasteiger partial charge in [0.25, 0.3) is 0 Å². The van der Waals surface area contributed by atoms with E-state index in [-0.39, 0.29) is 23.8 Å². The number of rotatable bonds is 1. The van der Waals surface area contributed by atoms with Crippen LogP contribution in [-0.2, 0) is 19.9 Å². The molecule has 7 heteroatoms. The van der Waals surface area contributed by atoms with Gasteiger partial charge in [-0.05, 0) is 57.0 Å². The van der Waals surface area contributed by atoms with Crippen molar-refractivity contribution < 1.29 is 14.4 Å². The fraction of sp³-hybridized carbons (Fsp3) is 0.375. The molecule has 3 saturated heterocycles. The monoisotopic (exact) mass is 435 g/mol. The standard InChI is InChI=1S/C24H22ClN3O3/c1-12-9-13(2)20-16(10-12)24(23(31)26-20)19-18(17-7-4-8-27(17)24)21(29)28(22(19)30)15-6-3-5-14(25)11-15/h3,5-6,9-11,17-19H,4,7-8H2,1-2H3,(H,26,31)/t17-,18+,19-,24+/m0/s1. The molecular weight excluding hydrogens is 414 g/mol. The fourth-order valence-electron chi connectivity index (χ4n) is 6.53. The van der Waals surface area contributed by atoms with Gasteiger partial charge in [0.1, 0.15) is 5.54 Å². The van der Waals surface area contributed by atoms with E-state index in [4.69, 9.17) is 11.6 Å². The smallest absolute Gasteiger partial charge is 0.250 e. The summed E-state index contributed by atoms with van der Waals surface area (Å²) >= 11 is 6.15. The van der Waals surface area contributed by atoms with Crippen molar-refractivity contribution in [2.45, 2.75) is 38.3 Å². The Morgan fingerprint density at radius 1 is 1.10 bits per heavy atom. The van der Waals surface area contributed by atoms with Crippen molar-refractivity contribution in [2.24, 2.45) is 11.8 Å². The first-order valence-electron chi connectivity index (χ1n) is 10.7. The molecule has 1 N–H and O–H groups in total. The first kappa shape index (κ1) is 19.0. The van der Waals surface area contributed by atoms with Gasteiger partial charge < -0.3 is 5.32 Å². The quantitative estimate of drug-likeness (QED) is 0.697. The lowest BCUT2D eigenvalue weighted by Crippen LogP contribution is -2.54. The van der Waals surface area contributed by atoms with Gasteiger partial charge in [0.2, 0.25) is 17.7 Å². The molecule has 31 heavy (non-hydrogen) atoms. The van der Waals surface area contributed by atoms with Gasteiger partial charge in [-0.25, -0.2) is 4.90 Å². The Bertz CT molecular complexity index is 1190. The molecule has 0 radical (unpaired) electrons. The molecule has 4 aliphatic rings. The largest absolute Gasteiger partial charge is 0.324 e. The van der Waals surface area contributed by atoms with Crippen LogP contribution in [0.4, 0.5) is 11.4 Å². The Kier molecular flexibility index (Phi) is 3.79. The summed E-state index contributed by atoms with van der Waals surface area (Å²) in [7, 11) is 0. The van der Waals surface area contributed by atoms with Gasteiger partial charge in [-0.1, -0.05) is 35.4 Å². The number of hydrogen-bond acceptors (Lipinski definition) is 4. The second-order valence-corrected chi connectivity index (χ2v) is 9.56. The highest BCUT2D eigenvalue weighted by Gasteiger charge is 2.74. The first-order chi connectivity index (χ1) is 14.9. The second kappa shape index (κ2) is 6.17. The van der Waals surface area contributed by atoms with E-state index in [1.807, 2.05) is 26.0 Å². The molecule has 0 unspecified atom stereocenters. The molecule has 2 aromatic rings. The van der Waals surface area contributed by atoms with Gasteiger partial charge in [0.15, 0.2) is 0 Å². The topological polar surface area (TPSA) is 69.7 Å². The van der Waals surface area contributed by atoms with Crippen molar-refractivity contribution in [3.63, 3.8) is 0 Å². The van der Waals surface area contributed by atoms with Crippen LogP contribution >= 0.6 is 11.6 Å². The maximum Gasteiger partial charge on any atom is 0.250 e. The SMILES string of the molecule is Cc1cc(C)c2c(c1)[C@]1(C(=O)N2)[C@@H]2C(=O)N(c3cccc(Cl)c3)C(=O)[C@@H]2[C@@H]2CCCN21. The average molecular weight is 436 g/mol. The maximum absolute atomic E-state index is 13.9. The lowest BCUT2D eigenvalue weighted by molar-refractivity contribution is -0.135. The molecule has 3 amide bonds. The number of nitrogens with one attached hydrogen (secondary N) is 1. The Morgan fingerprint density at radius 3 is 2.68 bits per heavy atom. The molecule has 6 rings (SSSR count). The number of fused-ring (bicyclic) bond motifs is 7. The molecule has 4 atom stereocenters. The van der Waals surface area contributed by atoms with Gasteiger partial charge in [-0.15, -0.1) is 0 Å². The van der Waals surface area contributed by atoms with E-state index in [2.05, 4.69) is 10.2 Å². The minimum Gasteiger partial charge on any atom is -0.324 e. The summed E-state index contributed by atoms with van der Waals surface area (Å²) in [5.74, 6) is -2.01. The van der Waals surface area contributed by atoms with E-state index in [1.54, 1.807) is 24.3 Å². The third kappa shape index (κ3) is 2.19. The summed E-state index contributed by atoms with van der Waals surface area (Å²) < 4.78 is 0. The number of amides is 3. The van der Waals surface area contributed by atoms with E-state index >= 15 is 0 Å². The van der Waals surface area contributed by atoms with Crippen molar-refractivity contribution in [1.29, 1.82) is 0 Å². The van der Waals surface area contributed by atoms with Crippen LogP contribution in [-0.4, -0.2) is 35.2 Å². The normalized spacial score (nSPS) is 31.4. The lowest BCUT2D eigenvalue weighted by Gasteiger charge is -2.36. The molecule has 0 aromatic heterocycles. The lowest BCUT2D eigenvalue weighted by atomic mass is 9.75. The van der Waals surface area contributed by atoms with E-state index in [1.165, 1.54) is 4.90 Å². The van der Waals surface area contributed by atoms with Crippen LogP contribution in [0.25, 0.3) is 0 Å². The highest BCUT2D eigenvalue weighted by molar-refractivity contribution is 6.31. The first-order valence-corrected chi connectivity index (χ1v) is 11.1. The summed E-state index contributed by atoms with van der Waals surface area (Å²) in [6, 6.07) is 10.7. The molecule has 3 fully saturated rings. The zero-order chi connectivity index (χ0) is 21.7. The van der Waals surface area contributed by atoms with E-state index < -0.39 is 17.4 Å². The minimum absolute atomic E-state index is 0.122. The van der Waals surface area contributed by atoms with Crippen LogP contribution in [0.5, 0.6) is 0 Å². The highest BCUT2D eigenvalue weighted by Crippen LogP contribution is 2.61. The summed E-state index contributed by atoms with van der Waals surface area (Å²) in [6.45, 7) is 4.67. The van der Waals surface area contributed by atoms with E-state index in [0.29, 0.717) is 17.3 Å². The molecule has 0 aliphatic carbocycles. The van der Waals surface area contributed by atoms with E-state index in [0.717, 1.165) is 35.2 Å². The third-order valence-electron chi connectivity index (χ3n) is 7.51. The van der Waals surface area contributed by atoms with Crippen molar-refractivity contribution in [3.8, 4) is 0 Å². The Morgan fingerprint density at radius 2 is 1.90 bits per heavy atom. The zero-order valence-electron chi connectivity index (χ0n) is 17.3. The number of halogens is 1. The van der Waals surface area contributed by atoms with Crippen LogP contribution in [0.3, 0.4) is 0 Å². The number of imide groups is 1. The van der Waals surface area contributed by atoms with Gasteiger partial charge in [0.05, 0.1) is 17.5 Å². The van der Waals surface area contributed by atoms with Crippen molar-refractivity contribution in [3.05, 3.63) is 58.1 Å². The third-order valence-corrected chi connectivity index (χ3v) is 7.74. The number of nitrogens with zero attached hydrogens (tertiary/aromatic N) is 2. The summed E-state index contributed by atoms with van der Waals surface area (Å²) in [5.41, 5.74) is 2.96. The average Bonchev–Trinajstić information content (AvgIpc) is 3.41. The number of carbonyl (C=O) groups is 3. The number of anilines is 2. The molecular formula is C24H22ClN3O3. The Hall–Kier alpha value is -2.70. The van der Waals surface area contributed by atoms with Gasteiger partial charge in [-0.3, -0.25) is 19.3 Å². The number of aryl methyl sites for hydroxylation is 2. The van der Waals surface area contributed by atoms with Gasteiger partial charge >= 0.3 is 0 Å². The molecule has 4 aliphatic heterocycles. The summed E-state index contributed by atoms with van der Waals surface area (Å²) in [6.07, 6.45) is 1.71. The number of benzene rings is 2. The second-order valence-electron chi connectivity index (χ2n) is 9.12. The van der Waals surface area contributed by atoms with Crippen LogP contribution in [0.2, 0.25) is 5.02 Å². The number of carbonyl (C=O) groups excluding carboxylic acids is 3. The van der Waals surface area contributed by atoms with Crippen LogP contribution in [0.15, 0.2) is 36.4 Å². The predicted molar refractivity (Wildman–Crippen MR) is 117 cm³/mol. The molecule has 4 heterocycles. The highest BCUT2D eigenvalue weighted by atomic mass is 35.5. The Balaban J connectivity index is 1.58. The molecule has 6 nitrogen and oxygen atoms in total. The van der Waals surface area contributed by atoms with Gasteiger partial charge in [0, 0.05) is 22.3 Å². The summed E-state index contributed by atoms with van der Waals surface area (Å²) in [4.78, 5) is 44.6. The van der Waals surface area contributed by atoms with Crippen molar-refractivity contribution in [2.75, 3.05) is 16.8 Å². The predicted octanol–water partition coefficient (Wildman–Crippen LogP) is 3.39. The number of hydrogen-bond donors (Lipinski definition) is 1. The van der Waals surface area contributed by atoms with E-state index in [9.17, 15) is 14.4 Å². The minimum atomic E-state index is -1.14. The molecule has 1 spiro atoms. The molecule has 0 saturated carbocycles. The van der Waals surface area contributed by atoms with Crippen LogP contribution in [0, 0.1) is 25.7 Å².